The lowest BCUT2D eigenvalue weighted by Crippen LogP contribution is -2.15. The van der Waals surface area contributed by atoms with Crippen molar-refractivity contribution in [2.24, 2.45) is 0 Å². The Morgan fingerprint density at radius 1 is 1.71 bits per heavy atom. The minimum Gasteiger partial charge on any atom is -0.377 e. The number of halogens is 2. The molecule has 4 nitrogen and oxygen atoms in total. The van der Waals surface area contributed by atoms with E-state index >= 15 is 0 Å². The summed E-state index contributed by atoms with van der Waals surface area (Å²) >= 11 is 5.50. The van der Waals surface area contributed by atoms with Gasteiger partial charge in [-0.15, -0.1) is 6.58 Å². The van der Waals surface area contributed by atoms with Crippen molar-refractivity contribution in [2.75, 3.05) is 5.32 Å². The van der Waals surface area contributed by atoms with Crippen LogP contribution >= 0.6 is 11.6 Å². The van der Waals surface area contributed by atoms with Crippen molar-refractivity contribution < 1.29 is 9.31 Å². The van der Waals surface area contributed by atoms with Crippen LogP contribution in [-0.2, 0) is 0 Å². The summed E-state index contributed by atoms with van der Waals surface area (Å²) in [6.07, 6.45) is 2.29. The Balaban J connectivity index is 3.08. The van der Waals surface area contributed by atoms with Crippen LogP contribution in [0.15, 0.2) is 24.8 Å². The number of rotatable bonds is 5. The van der Waals surface area contributed by atoms with Crippen molar-refractivity contribution in [3.63, 3.8) is 0 Å². The first kappa shape index (κ1) is 13.4. The lowest BCUT2D eigenvalue weighted by molar-refractivity contribution is -0.384. The molecule has 1 unspecified atom stereocenters. The van der Waals surface area contributed by atoms with E-state index in [1.54, 1.807) is 6.08 Å². The molecule has 0 saturated heterocycles. The van der Waals surface area contributed by atoms with Gasteiger partial charge in [0.2, 0.25) is 0 Å². The quantitative estimate of drug-likeness (QED) is 0.497. The zero-order valence-corrected chi connectivity index (χ0v) is 10.00. The molecule has 1 aromatic rings. The largest absolute Gasteiger partial charge is 0.377 e. The van der Waals surface area contributed by atoms with Gasteiger partial charge in [-0.3, -0.25) is 10.1 Å². The van der Waals surface area contributed by atoms with Gasteiger partial charge in [-0.2, -0.15) is 0 Å². The fourth-order valence-corrected chi connectivity index (χ4v) is 1.54. The third-order valence-corrected chi connectivity index (χ3v) is 2.45. The average molecular weight is 259 g/mol. The predicted octanol–water partition coefficient (Wildman–Crippen LogP) is 3.76. The predicted molar refractivity (Wildman–Crippen MR) is 66.0 cm³/mol. The van der Waals surface area contributed by atoms with E-state index in [4.69, 9.17) is 11.6 Å². The number of nitro groups is 1. The second kappa shape index (κ2) is 5.63. The highest BCUT2D eigenvalue weighted by molar-refractivity contribution is 6.31. The Morgan fingerprint density at radius 3 is 2.88 bits per heavy atom. The first-order valence-electron chi connectivity index (χ1n) is 4.96. The van der Waals surface area contributed by atoms with Crippen molar-refractivity contribution in [3.8, 4) is 0 Å². The Labute approximate surface area is 103 Å². The number of nitro benzene ring substituents is 1. The van der Waals surface area contributed by atoms with E-state index in [1.165, 1.54) is 0 Å². The van der Waals surface area contributed by atoms with Crippen molar-refractivity contribution in [1.82, 2.24) is 0 Å². The Hall–Kier alpha value is -1.62. The summed E-state index contributed by atoms with van der Waals surface area (Å²) in [5.74, 6) is -0.689. The number of nitrogens with one attached hydrogen (secondary N) is 1. The summed E-state index contributed by atoms with van der Waals surface area (Å²) in [4.78, 5) is 10.2. The second-order valence-electron chi connectivity index (χ2n) is 3.61. The van der Waals surface area contributed by atoms with Crippen LogP contribution < -0.4 is 5.32 Å². The maximum absolute atomic E-state index is 13.2. The van der Waals surface area contributed by atoms with Crippen molar-refractivity contribution >= 4 is 23.0 Å². The molecule has 17 heavy (non-hydrogen) atoms. The average Bonchev–Trinajstić information content (AvgIpc) is 2.23. The lowest BCUT2D eigenvalue weighted by atomic mass is 10.2. The highest BCUT2D eigenvalue weighted by atomic mass is 35.5. The molecule has 0 aliphatic carbocycles. The third-order valence-electron chi connectivity index (χ3n) is 2.16. The van der Waals surface area contributed by atoms with Crippen LogP contribution in [0.3, 0.4) is 0 Å². The molecule has 6 heteroatoms. The molecule has 0 fully saturated rings. The molecule has 0 aliphatic heterocycles. The third kappa shape index (κ3) is 3.42. The standard InChI is InChI=1S/C11H12ClFN2O2/c1-3-4-7(2)14-10-6-9(13)8(12)5-11(10)15(16)17/h3,5-7,14H,1,4H2,2H3. The number of nitrogens with zero attached hydrogens (tertiary/aromatic N) is 1. The molecule has 0 bridgehead atoms. The second-order valence-corrected chi connectivity index (χ2v) is 4.02. The zero-order chi connectivity index (χ0) is 13.0. The normalized spacial score (nSPS) is 11.9. The summed E-state index contributed by atoms with van der Waals surface area (Å²) < 4.78 is 13.2. The molecule has 0 aliphatic rings. The first-order valence-corrected chi connectivity index (χ1v) is 5.34. The number of hydrogen-bond acceptors (Lipinski definition) is 3. The molecule has 1 N–H and O–H groups in total. The molecule has 0 saturated carbocycles. The van der Waals surface area contributed by atoms with Gasteiger partial charge >= 0.3 is 0 Å². The van der Waals surface area contributed by atoms with E-state index in [9.17, 15) is 14.5 Å². The van der Waals surface area contributed by atoms with Crippen LogP contribution in [0.5, 0.6) is 0 Å². The summed E-state index contributed by atoms with van der Waals surface area (Å²) in [7, 11) is 0. The molecular weight excluding hydrogens is 247 g/mol. The van der Waals surface area contributed by atoms with Gasteiger partial charge in [-0.1, -0.05) is 17.7 Å². The monoisotopic (exact) mass is 258 g/mol. The minimum absolute atomic E-state index is 0.0771. The number of hydrogen-bond donors (Lipinski definition) is 1. The SMILES string of the molecule is C=CCC(C)Nc1cc(F)c(Cl)cc1[N+](=O)[O-]. The Bertz CT molecular complexity index is 451. The summed E-state index contributed by atoms with van der Waals surface area (Å²) in [5, 5.41) is 13.4. The topological polar surface area (TPSA) is 55.2 Å². The van der Waals surface area contributed by atoms with Crippen LogP contribution in [0.2, 0.25) is 5.02 Å². The molecule has 0 heterocycles. The van der Waals surface area contributed by atoms with Crippen LogP contribution in [0.1, 0.15) is 13.3 Å². The molecule has 1 aromatic carbocycles. The number of benzene rings is 1. The Kier molecular flexibility index (Phi) is 4.45. The zero-order valence-electron chi connectivity index (χ0n) is 9.24. The highest BCUT2D eigenvalue weighted by Crippen LogP contribution is 2.30. The van der Waals surface area contributed by atoms with E-state index in [2.05, 4.69) is 11.9 Å². The van der Waals surface area contributed by atoms with Crippen molar-refractivity contribution in [3.05, 3.63) is 45.7 Å². The molecule has 1 rings (SSSR count). The van der Waals surface area contributed by atoms with E-state index in [0.29, 0.717) is 6.42 Å². The summed E-state index contributed by atoms with van der Waals surface area (Å²) in [6.45, 7) is 5.38. The fourth-order valence-electron chi connectivity index (χ4n) is 1.38. The van der Waals surface area contributed by atoms with Crippen molar-refractivity contribution in [1.29, 1.82) is 0 Å². The fraction of sp³-hybridized carbons (Fsp3) is 0.273. The summed E-state index contributed by atoms with van der Waals surface area (Å²) in [6, 6.07) is 1.95. The molecule has 0 radical (unpaired) electrons. The van der Waals surface area contributed by atoms with Crippen LogP contribution in [0.25, 0.3) is 0 Å². The maximum atomic E-state index is 13.2. The lowest BCUT2D eigenvalue weighted by Gasteiger charge is -2.13. The van der Waals surface area contributed by atoms with Crippen LogP contribution in [-0.4, -0.2) is 11.0 Å². The van der Waals surface area contributed by atoms with E-state index in [-0.39, 0.29) is 22.4 Å². The number of anilines is 1. The van der Waals surface area contributed by atoms with Gasteiger partial charge < -0.3 is 5.32 Å². The van der Waals surface area contributed by atoms with E-state index < -0.39 is 10.7 Å². The van der Waals surface area contributed by atoms with Gasteiger partial charge in [0.15, 0.2) is 0 Å². The van der Waals surface area contributed by atoms with Gasteiger partial charge in [0.1, 0.15) is 11.5 Å². The molecule has 1 atom stereocenters. The molecule has 0 amide bonds. The summed E-state index contributed by atoms with van der Waals surface area (Å²) in [5.41, 5.74) is -0.126. The maximum Gasteiger partial charge on any atom is 0.294 e. The Morgan fingerprint density at radius 2 is 2.35 bits per heavy atom. The van der Waals surface area contributed by atoms with E-state index in [1.807, 2.05) is 6.92 Å². The van der Waals surface area contributed by atoms with Gasteiger partial charge in [0.05, 0.1) is 9.95 Å². The molecule has 0 aromatic heterocycles. The van der Waals surface area contributed by atoms with E-state index in [0.717, 1.165) is 12.1 Å². The smallest absolute Gasteiger partial charge is 0.294 e. The molecular formula is C11H12ClFN2O2. The van der Waals surface area contributed by atoms with Gasteiger partial charge in [0, 0.05) is 18.2 Å². The highest BCUT2D eigenvalue weighted by Gasteiger charge is 2.18. The van der Waals surface area contributed by atoms with Gasteiger partial charge in [-0.05, 0) is 13.3 Å². The van der Waals surface area contributed by atoms with Gasteiger partial charge in [0.25, 0.3) is 5.69 Å². The molecule has 0 spiro atoms. The van der Waals surface area contributed by atoms with Crippen LogP contribution in [0, 0.1) is 15.9 Å². The van der Waals surface area contributed by atoms with Gasteiger partial charge in [-0.25, -0.2) is 4.39 Å². The molecule has 92 valence electrons. The van der Waals surface area contributed by atoms with Crippen molar-refractivity contribution in [2.45, 2.75) is 19.4 Å². The van der Waals surface area contributed by atoms with Crippen LogP contribution in [0.4, 0.5) is 15.8 Å². The first-order chi connectivity index (χ1) is 7.95. The minimum atomic E-state index is -0.689.